The molecule has 1 aliphatic carbocycles. The highest BCUT2D eigenvalue weighted by molar-refractivity contribution is 5.99. The van der Waals surface area contributed by atoms with Gasteiger partial charge in [0.2, 0.25) is 35.4 Å². The topological polar surface area (TPSA) is 247 Å². The standard InChI is InChI=1S/C41H61F3N10O6/c42-41(43,44)27-13-7-12-26(24-27)25-30-37(59)54-23-10-17-32(54)35(57)52-40(18-11-19-40)38(60)51-29(15-8-21-49-39(46)47)36(58)53-22-9-16-31(53)34(56)48-20-6-4-2-1-3-5-14-28(45)33(55)50-30/h7,12-13,24,28-32H,1-6,8-11,14-23,25,45H2,(H,48,56)(H,50,55)(H,51,60)(H,52,57)(H4,46,47,49)/t28-,29-,30-,31-,32-/m0/s1. The molecule has 3 saturated heterocycles. The lowest BCUT2D eigenvalue weighted by Gasteiger charge is -2.43. The average Bonchev–Trinajstić information content (AvgIpc) is 3.89. The Morgan fingerprint density at radius 1 is 0.767 bits per heavy atom. The zero-order chi connectivity index (χ0) is 43.5. The van der Waals surface area contributed by atoms with Gasteiger partial charge in [0, 0.05) is 32.6 Å². The Kier molecular flexibility index (Phi) is 16.2. The summed E-state index contributed by atoms with van der Waals surface area (Å²) in [6.45, 7) is 1.10. The molecule has 19 heteroatoms. The van der Waals surface area contributed by atoms with E-state index < -0.39 is 77.0 Å². The second-order valence-corrected chi connectivity index (χ2v) is 16.6. The first kappa shape index (κ1) is 46.1. The van der Waals surface area contributed by atoms with Gasteiger partial charge in [-0.1, -0.05) is 50.3 Å². The number of halogens is 3. The Balaban J connectivity index is 1.40. The second kappa shape index (κ2) is 21.0. The molecule has 6 amide bonds. The summed E-state index contributed by atoms with van der Waals surface area (Å²) in [5.41, 5.74) is 15.1. The fraction of sp³-hybridized carbons (Fsp3) is 0.683. The van der Waals surface area contributed by atoms with Crippen molar-refractivity contribution in [2.45, 2.75) is 151 Å². The van der Waals surface area contributed by atoms with Gasteiger partial charge in [-0.2, -0.15) is 13.2 Å². The SMILES string of the molecule is NC(N)=NCCC[C@@H]1NC(=O)C2(CCC2)NC(=O)[C@@H]2CCCN2C(=O)[C@H](Cc2cccc(C(F)(F)F)c2)NC(=O)[C@@H](N)CCCCCCCCNC(=O)[C@@H]2CCCN2C1=O. The Bertz CT molecular complexity index is 1740. The molecule has 1 aromatic carbocycles. The van der Waals surface area contributed by atoms with Crippen LogP contribution >= 0.6 is 0 Å². The Morgan fingerprint density at radius 2 is 1.40 bits per heavy atom. The molecule has 0 aromatic heterocycles. The number of carbonyl (C=O) groups is 6. The molecular formula is C41H61F3N10O6. The summed E-state index contributed by atoms with van der Waals surface area (Å²) >= 11 is 0. The van der Waals surface area contributed by atoms with Gasteiger partial charge >= 0.3 is 6.18 Å². The van der Waals surface area contributed by atoms with Crippen LogP contribution in [0, 0.1) is 0 Å². The molecule has 332 valence electrons. The number of nitrogens with two attached hydrogens (primary N) is 3. The van der Waals surface area contributed by atoms with Crippen LogP contribution in [-0.4, -0.2) is 113 Å². The van der Waals surface area contributed by atoms with E-state index in [0.717, 1.165) is 44.2 Å². The molecule has 4 aliphatic rings. The number of nitrogens with zero attached hydrogens (tertiary/aromatic N) is 3. The van der Waals surface area contributed by atoms with Gasteiger partial charge in [-0.25, -0.2) is 0 Å². The number of hydrogen-bond acceptors (Lipinski definition) is 8. The quantitative estimate of drug-likeness (QED) is 0.124. The lowest BCUT2D eigenvalue weighted by molar-refractivity contribution is -0.146. The summed E-state index contributed by atoms with van der Waals surface area (Å²) in [6.07, 6.45) is 3.50. The highest BCUT2D eigenvalue weighted by Crippen LogP contribution is 2.34. The van der Waals surface area contributed by atoms with E-state index in [1.807, 2.05) is 0 Å². The van der Waals surface area contributed by atoms with Crippen LogP contribution in [0.2, 0.25) is 0 Å². The smallest absolute Gasteiger partial charge is 0.370 e. The van der Waals surface area contributed by atoms with E-state index in [0.29, 0.717) is 58.0 Å². The number of fused-ring (bicyclic) bond motifs is 2. The Hall–Kier alpha value is -4.94. The van der Waals surface area contributed by atoms with Crippen LogP contribution in [0.15, 0.2) is 29.3 Å². The van der Waals surface area contributed by atoms with Crippen LogP contribution in [0.1, 0.15) is 114 Å². The van der Waals surface area contributed by atoms with E-state index in [9.17, 15) is 41.9 Å². The fourth-order valence-electron chi connectivity index (χ4n) is 8.57. The molecule has 5 rings (SSSR count). The summed E-state index contributed by atoms with van der Waals surface area (Å²) < 4.78 is 41.0. The molecule has 1 aromatic rings. The fourth-order valence-corrected chi connectivity index (χ4v) is 8.57. The number of carbonyl (C=O) groups excluding carboxylic acids is 6. The van der Waals surface area contributed by atoms with Crippen molar-refractivity contribution < 1.29 is 41.9 Å². The number of guanidine groups is 1. The number of rotatable bonds is 6. The van der Waals surface area contributed by atoms with Gasteiger partial charge in [0.15, 0.2) is 5.96 Å². The number of hydrogen-bond donors (Lipinski definition) is 7. The minimum absolute atomic E-state index is 0.120. The van der Waals surface area contributed by atoms with E-state index in [1.165, 1.54) is 21.9 Å². The van der Waals surface area contributed by atoms with Gasteiger partial charge in [-0.15, -0.1) is 0 Å². The highest BCUT2D eigenvalue weighted by Gasteiger charge is 2.49. The molecule has 0 unspecified atom stereocenters. The van der Waals surface area contributed by atoms with Crippen LogP contribution in [-0.2, 0) is 41.4 Å². The largest absolute Gasteiger partial charge is 0.416 e. The number of benzene rings is 1. The van der Waals surface area contributed by atoms with Crippen LogP contribution < -0.4 is 38.5 Å². The first-order valence-corrected chi connectivity index (χ1v) is 21.4. The number of aliphatic imine (C=N–C) groups is 1. The van der Waals surface area contributed by atoms with Crippen LogP contribution in [0.4, 0.5) is 13.2 Å². The van der Waals surface area contributed by atoms with E-state index in [2.05, 4.69) is 26.3 Å². The van der Waals surface area contributed by atoms with Crippen LogP contribution in [0.25, 0.3) is 0 Å². The maximum absolute atomic E-state index is 14.3. The molecule has 1 saturated carbocycles. The van der Waals surface area contributed by atoms with Gasteiger partial charge in [0.1, 0.15) is 29.7 Å². The lowest BCUT2D eigenvalue weighted by Crippen LogP contribution is -2.67. The summed E-state index contributed by atoms with van der Waals surface area (Å²) in [7, 11) is 0. The first-order chi connectivity index (χ1) is 28.6. The van der Waals surface area contributed by atoms with Crippen molar-refractivity contribution in [1.82, 2.24) is 31.1 Å². The molecule has 60 heavy (non-hydrogen) atoms. The molecule has 3 aliphatic heterocycles. The number of alkyl halides is 3. The third kappa shape index (κ3) is 12.1. The van der Waals surface area contributed by atoms with Crippen LogP contribution in [0.3, 0.4) is 0 Å². The van der Waals surface area contributed by atoms with Crippen molar-refractivity contribution in [2.75, 3.05) is 26.2 Å². The van der Waals surface area contributed by atoms with Crippen molar-refractivity contribution in [3.8, 4) is 0 Å². The normalized spacial score (nSPS) is 26.9. The van der Waals surface area contributed by atoms with Crippen molar-refractivity contribution in [2.24, 2.45) is 22.2 Å². The van der Waals surface area contributed by atoms with E-state index in [-0.39, 0.29) is 62.6 Å². The first-order valence-electron chi connectivity index (χ1n) is 21.4. The maximum atomic E-state index is 14.3. The number of nitrogens with one attached hydrogen (secondary N) is 4. The molecular weight excluding hydrogens is 786 g/mol. The maximum Gasteiger partial charge on any atom is 0.416 e. The van der Waals surface area contributed by atoms with Crippen molar-refractivity contribution in [1.29, 1.82) is 0 Å². The summed E-state index contributed by atoms with van der Waals surface area (Å²) in [6, 6.07) is -0.592. The predicted octanol–water partition coefficient (Wildman–Crippen LogP) is 1.48. The summed E-state index contributed by atoms with van der Waals surface area (Å²) in [5.74, 6) is -3.27. The van der Waals surface area contributed by atoms with Gasteiger partial charge in [0.05, 0.1) is 11.6 Å². The third-order valence-corrected chi connectivity index (χ3v) is 12.1. The zero-order valence-electron chi connectivity index (χ0n) is 34.2. The minimum Gasteiger partial charge on any atom is -0.370 e. The van der Waals surface area contributed by atoms with Crippen molar-refractivity contribution >= 4 is 41.4 Å². The molecule has 1 spiro atoms. The van der Waals surface area contributed by atoms with Crippen molar-refractivity contribution in [3.05, 3.63) is 35.4 Å². The Morgan fingerprint density at radius 3 is 2.03 bits per heavy atom. The van der Waals surface area contributed by atoms with E-state index >= 15 is 0 Å². The van der Waals surface area contributed by atoms with Gasteiger partial charge in [0.25, 0.3) is 0 Å². The van der Waals surface area contributed by atoms with Crippen molar-refractivity contribution in [3.63, 3.8) is 0 Å². The van der Waals surface area contributed by atoms with Gasteiger partial charge in [-0.3, -0.25) is 33.8 Å². The highest BCUT2D eigenvalue weighted by atomic mass is 19.4. The average molecular weight is 847 g/mol. The van der Waals surface area contributed by atoms with Crippen LogP contribution in [0.5, 0.6) is 0 Å². The Labute approximate surface area is 348 Å². The van der Waals surface area contributed by atoms with E-state index in [1.54, 1.807) is 0 Å². The molecule has 5 atom stereocenters. The second-order valence-electron chi connectivity index (χ2n) is 16.6. The molecule has 3 heterocycles. The summed E-state index contributed by atoms with van der Waals surface area (Å²) in [5, 5.41) is 11.4. The minimum atomic E-state index is -4.63. The van der Waals surface area contributed by atoms with Gasteiger partial charge in [-0.05, 0) is 82.3 Å². The summed E-state index contributed by atoms with van der Waals surface area (Å²) in [4.78, 5) is 90.4. The van der Waals surface area contributed by atoms with Gasteiger partial charge < -0.3 is 48.3 Å². The predicted molar refractivity (Wildman–Crippen MR) is 216 cm³/mol. The molecule has 16 nitrogen and oxygen atoms in total. The number of amides is 6. The molecule has 10 N–H and O–H groups in total. The molecule has 4 fully saturated rings. The van der Waals surface area contributed by atoms with E-state index in [4.69, 9.17) is 17.2 Å². The molecule has 0 bridgehead atoms. The monoisotopic (exact) mass is 846 g/mol. The third-order valence-electron chi connectivity index (χ3n) is 12.1. The lowest BCUT2D eigenvalue weighted by atomic mass is 9.75. The zero-order valence-corrected chi connectivity index (χ0v) is 34.2. The molecule has 0 radical (unpaired) electrons.